The van der Waals surface area contributed by atoms with Crippen LogP contribution in [0.5, 0.6) is 5.88 Å². The fourth-order valence-corrected chi connectivity index (χ4v) is 8.99. The highest BCUT2D eigenvalue weighted by molar-refractivity contribution is 7.92. The second kappa shape index (κ2) is 10.8. The molecule has 2 heterocycles. The predicted octanol–water partition coefficient (Wildman–Crippen LogP) is 6.54. The molecule has 1 atom stereocenters. The van der Waals surface area contributed by atoms with Gasteiger partial charge < -0.3 is 14.8 Å². The Labute approximate surface area is 260 Å². The summed E-state index contributed by atoms with van der Waals surface area (Å²) in [5.41, 5.74) is 4.40. The largest absolute Gasteiger partial charge is 0.477 e. The molecule has 1 aliphatic heterocycles. The van der Waals surface area contributed by atoms with Gasteiger partial charge in [-0.1, -0.05) is 51.1 Å². The van der Waals surface area contributed by atoms with Crippen LogP contribution in [0.3, 0.4) is 0 Å². The zero-order valence-corrected chi connectivity index (χ0v) is 27.2. The van der Waals surface area contributed by atoms with Crippen molar-refractivity contribution in [3.8, 4) is 17.1 Å². The quantitative estimate of drug-likeness (QED) is 0.342. The molecule has 0 radical (unpaired) electrons. The maximum atomic E-state index is 13.8. The molecule has 1 amide bonds. The number of carbonyl (C=O) groups is 1. The lowest BCUT2D eigenvalue weighted by Gasteiger charge is -2.66. The molecule has 10 heteroatoms. The monoisotopic (exact) mass is 618 g/mol. The Morgan fingerprint density at radius 1 is 1.07 bits per heavy atom. The van der Waals surface area contributed by atoms with Crippen LogP contribution < -0.4 is 14.8 Å². The highest BCUT2D eigenvalue weighted by Gasteiger charge is 2.63. The van der Waals surface area contributed by atoms with E-state index in [-0.39, 0.29) is 39.0 Å². The molecule has 3 aromatic rings. The average molecular weight is 619 g/mol. The molecule has 6 rings (SSSR count). The van der Waals surface area contributed by atoms with Gasteiger partial charge in [-0.15, -0.1) is 0 Å². The fourth-order valence-electron chi connectivity index (χ4n) is 8.00. The fraction of sp³-hybridized carbons (Fsp3) is 0.500. The van der Waals surface area contributed by atoms with Crippen molar-refractivity contribution in [2.45, 2.75) is 83.1 Å². The summed E-state index contributed by atoms with van der Waals surface area (Å²) in [6, 6.07) is 15.3. The first kappa shape index (κ1) is 30.4. The van der Waals surface area contributed by atoms with Crippen molar-refractivity contribution < 1.29 is 22.7 Å². The molecule has 2 aliphatic carbocycles. The summed E-state index contributed by atoms with van der Waals surface area (Å²) >= 11 is 0. The van der Waals surface area contributed by atoms with Gasteiger partial charge in [-0.2, -0.15) is 4.98 Å². The first-order chi connectivity index (χ1) is 20.7. The van der Waals surface area contributed by atoms with E-state index in [1.54, 1.807) is 6.07 Å². The summed E-state index contributed by atoms with van der Waals surface area (Å²) in [6.07, 6.45) is 4.01. The van der Waals surface area contributed by atoms with Crippen molar-refractivity contribution in [1.29, 1.82) is 0 Å². The second-order valence-electron chi connectivity index (χ2n) is 14.3. The number of anilines is 1. The van der Waals surface area contributed by atoms with Crippen LogP contribution in [0.4, 0.5) is 10.7 Å². The lowest BCUT2D eigenvalue weighted by Crippen LogP contribution is -2.64. The molecule has 9 nitrogen and oxygen atoms in total. The summed E-state index contributed by atoms with van der Waals surface area (Å²) in [4.78, 5) is 21.2. The molecule has 0 saturated heterocycles. The Bertz CT molecular complexity index is 1680. The molecular weight excluding hydrogens is 576 g/mol. The van der Waals surface area contributed by atoms with Gasteiger partial charge in [0.15, 0.2) is 0 Å². The third-order valence-corrected chi connectivity index (χ3v) is 11.0. The topological polar surface area (TPSA) is 120 Å². The van der Waals surface area contributed by atoms with Gasteiger partial charge in [0, 0.05) is 29.0 Å². The molecule has 2 N–H and O–H groups in total. The first-order valence-electron chi connectivity index (χ1n) is 15.3. The van der Waals surface area contributed by atoms with Crippen LogP contribution in [-0.2, 0) is 20.2 Å². The summed E-state index contributed by atoms with van der Waals surface area (Å²) in [6.45, 7) is 11.2. The van der Waals surface area contributed by atoms with Crippen LogP contribution in [0.25, 0.3) is 11.3 Å². The van der Waals surface area contributed by atoms with Crippen LogP contribution in [-0.4, -0.2) is 44.2 Å². The number of sulfonamides is 1. The van der Waals surface area contributed by atoms with Crippen LogP contribution in [0.1, 0.15) is 69.6 Å². The van der Waals surface area contributed by atoms with E-state index in [1.807, 2.05) is 50.2 Å². The number of amides is 1. The first-order valence-corrected chi connectivity index (χ1v) is 16.8. The van der Waals surface area contributed by atoms with Crippen molar-refractivity contribution in [2.24, 2.45) is 16.7 Å². The Kier molecular flexibility index (Phi) is 7.42. The van der Waals surface area contributed by atoms with Crippen molar-refractivity contribution >= 4 is 22.1 Å². The molecule has 4 bridgehead atoms. The number of nitrogens with zero attached hydrogens (tertiary/aromatic N) is 2. The van der Waals surface area contributed by atoms with Gasteiger partial charge in [0.25, 0.3) is 10.0 Å². The molecular formula is C34H42N4O5S. The van der Waals surface area contributed by atoms with E-state index in [0.29, 0.717) is 18.2 Å². The van der Waals surface area contributed by atoms with Crippen molar-refractivity contribution in [3.05, 3.63) is 65.2 Å². The number of hydrogen-bond acceptors (Lipinski definition) is 7. The summed E-state index contributed by atoms with van der Waals surface area (Å²) < 4.78 is 41.5. The second-order valence-corrected chi connectivity index (χ2v) is 16.0. The molecule has 2 saturated carbocycles. The van der Waals surface area contributed by atoms with Crippen LogP contribution in [0, 0.1) is 30.6 Å². The SMILES string of the molecule is COC(=O)N[C@H]1CC2(C1)C[C@]1(C2)c2cccc(c2)S(=O)(=O)Nc2nc(cc(-c3c(C)cccc3C)n2)OC[C@H]1CC(C)(C)C. The zero-order chi connectivity index (χ0) is 31.5. The number of rotatable bonds is 3. The number of aryl methyl sites for hydroxylation is 2. The predicted molar refractivity (Wildman–Crippen MR) is 169 cm³/mol. The summed E-state index contributed by atoms with van der Waals surface area (Å²) in [5.74, 6) is 0.413. The van der Waals surface area contributed by atoms with Crippen molar-refractivity contribution in [1.82, 2.24) is 15.3 Å². The standard InChI is InChI=1S/C34H42N4O5S/c1-21-9-7-10-22(2)29(21)27-14-28-37-30(36-27)38-44(40,41)26-12-8-11-23(13-26)34(24(18-43-28)15-32(3,4)5)19-33(20-34)16-25(17-33)35-31(39)42-6/h7-14,24-25H,15-20H2,1-6H3,(H,35,39)(H,36,37,38)/t24-,25-,33?,34-/m1/s1. The molecule has 2 fully saturated rings. The number of methoxy groups -OCH3 is 1. The third-order valence-electron chi connectivity index (χ3n) is 9.70. The van der Waals surface area contributed by atoms with E-state index < -0.39 is 16.1 Å². The lowest BCUT2D eigenvalue weighted by molar-refractivity contribution is -0.106. The minimum absolute atomic E-state index is 0.000927. The molecule has 44 heavy (non-hydrogen) atoms. The van der Waals surface area contributed by atoms with Gasteiger partial charge in [-0.3, -0.25) is 0 Å². The van der Waals surface area contributed by atoms with Gasteiger partial charge in [0.2, 0.25) is 11.8 Å². The van der Waals surface area contributed by atoms with Crippen LogP contribution >= 0.6 is 0 Å². The summed E-state index contributed by atoms with van der Waals surface area (Å²) in [5, 5.41) is 2.95. The Hall–Kier alpha value is -3.66. The van der Waals surface area contributed by atoms with Crippen LogP contribution in [0.2, 0.25) is 0 Å². The van der Waals surface area contributed by atoms with Gasteiger partial charge in [-0.25, -0.2) is 22.9 Å². The van der Waals surface area contributed by atoms with Crippen LogP contribution in [0.15, 0.2) is 53.4 Å². The molecule has 1 aromatic heterocycles. The van der Waals surface area contributed by atoms with Crippen molar-refractivity contribution in [2.75, 3.05) is 18.4 Å². The number of aromatic nitrogens is 2. The number of fused-ring (bicyclic) bond motifs is 5. The minimum atomic E-state index is -3.99. The highest BCUT2D eigenvalue weighted by atomic mass is 32.2. The number of hydrogen-bond donors (Lipinski definition) is 2. The maximum Gasteiger partial charge on any atom is 0.407 e. The number of carbonyl (C=O) groups excluding carboxylic acids is 1. The molecule has 2 aromatic carbocycles. The lowest BCUT2D eigenvalue weighted by atomic mass is 9.39. The smallest absolute Gasteiger partial charge is 0.407 e. The number of alkyl carbamates (subject to hydrolysis) is 1. The van der Waals surface area contributed by atoms with E-state index in [2.05, 4.69) is 46.8 Å². The molecule has 3 aliphatic rings. The normalized spacial score (nSPS) is 27.0. The molecule has 2 spiro atoms. The number of ether oxygens (including phenoxy) is 2. The van der Waals surface area contributed by atoms with Crippen molar-refractivity contribution in [3.63, 3.8) is 0 Å². The van der Waals surface area contributed by atoms with Gasteiger partial charge in [-0.05, 0) is 85.6 Å². The Morgan fingerprint density at radius 2 is 1.75 bits per heavy atom. The average Bonchev–Trinajstić information content (AvgIpc) is 2.90. The highest BCUT2D eigenvalue weighted by Crippen LogP contribution is 2.68. The third kappa shape index (κ3) is 5.64. The molecule has 0 unspecified atom stereocenters. The van der Waals surface area contributed by atoms with E-state index in [4.69, 9.17) is 9.47 Å². The van der Waals surface area contributed by atoms with E-state index >= 15 is 0 Å². The zero-order valence-electron chi connectivity index (χ0n) is 26.4. The van der Waals surface area contributed by atoms with Gasteiger partial charge in [0.1, 0.15) is 0 Å². The Morgan fingerprint density at radius 3 is 2.41 bits per heavy atom. The minimum Gasteiger partial charge on any atom is -0.477 e. The summed E-state index contributed by atoms with van der Waals surface area (Å²) in [7, 11) is -2.61. The van der Waals surface area contributed by atoms with Gasteiger partial charge in [0.05, 0.1) is 24.3 Å². The maximum absolute atomic E-state index is 13.8. The molecule has 234 valence electrons. The van der Waals surface area contributed by atoms with Gasteiger partial charge >= 0.3 is 6.09 Å². The Balaban J connectivity index is 1.43. The number of nitrogens with one attached hydrogen (secondary N) is 2. The van der Waals surface area contributed by atoms with E-state index in [1.165, 1.54) is 7.11 Å². The van der Waals surface area contributed by atoms with E-state index in [9.17, 15) is 13.2 Å². The number of benzene rings is 2. The van der Waals surface area contributed by atoms with E-state index in [0.717, 1.165) is 54.4 Å².